The number of rotatable bonds is 6. The zero-order chi connectivity index (χ0) is 29.0. The number of nitrogens with one attached hydrogen (secondary N) is 1. The Labute approximate surface area is 209 Å². The highest BCUT2D eigenvalue weighted by molar-refractivity contribution is 6.39. The average molecular weight is 573 g/mol. The highest BCUT2D eigenvalue weighted by Gasteiger charge is 2.39. The lowest BCUT2D eigenvalue weighted by atomic mass is 10.1. The Morgan fingerprint density at radius 2 is 0.692 bits per heavy atom. The lowest BCUT2D eigenvalue weighted by Crippen LogP contribution is -2.39. The van der Waals surface area contributed by atoms with Crippen molar-refractivity contribution < 1.29 is 66.6 Å². The second kappa shape index (κ2) is 12.0. The number of H-pyrrole nitrogens is 1. The third-order valence-corrected chi connectivity index (χ3v) is 4.35. The predicted octanol–water partition coefficient (Wildman–Crippen LogP) is 6.89. The van der Waals surface area contributed by atoms with Crippen molar-refractivity contribution in [2.75, 3.05) is 0 Å². The number of hydrogen-bond donors (Lipinski definition) is 1. The summed E-state index contributed by atoms with van der Waals surface area (Å²) < 4.78 is 176. The van der Waals surface area contributed by atoms with E-state index in [1.807, 2.05) is 24.5 Å². The molecule has 0 aliphatic rings. The van der Waals surface area contributed by atoms with E-state index >= 15 is 0 Å². The van der Waals surface area contributed by atoms with Crippen LogP contribution in [-0.2, 0) is 0 Å². The molecule has 3 aromatic carbocycles. The summed E-state index contributed by atoms with van der Waals surface area (Å²) in [6.45, 7) is 0. The average Bonchev–Trinajstić information content (AvgIpc) is 3.48. The lowest BCUT2D eigenvalue weighted by molar-refractivity contribution is 0.258. The zero-order valence-electron chi connectivity index (χ0n) is 18.4. The Morgan fingerprint density at radius 3 is 0.923 bits per heavy atom. The second-order valence-electron chi connectivity index (χ2n) is 6.92. The van der Waals surface area contributed by atoms with Gasteiger partial charge in [0.1, 0.15) is 0 Å². The standard InChI is InChI=1S/C18H3BF12O3.C4H5N/c20-4-1-7(23)16(13(29)10(4)26)32-19(33-17-8(24)2-5(21)11(27)14(17)30)34-18-9(25)3-6(22)12(28)15(18)31;1-2-4-5-3-1/h1-3H;1-5H. The molecule has 0 saturated carbocycles. The minimum atomic E-state index is -3.24. The molecule has 0 atom stereocenters. The van der Waals surface area contributed by atoms with Crippen LogP contribution in [0.2, 0.25) is 0 Å². The first kappa shape index (κ1) is 29.1. The van der Waals surface area contributed by atoms with Crippen molar-refractivity contribution in [1.29, 1.82) is 0 Å². The van der Waals surface area contributed by atoms with Crippen molar-refractivity contribution >= 4 is 7.32 Å². The van der Waals surface area contributed by atoms with Crippen LogP contribution in [0.5, 0.6) is 17.2 Å². The molecule has 0 bridgehead atoms. The van der Waals surface area contributed by atoms with E-state index in [1.165, 1.54) is 0 Å². The van der Waals surface area contributed by atoms with Crippen LogP contribution < -0.4 is 14.0 Å². The van der Waals surface area contributed by atoms with Gasteiger partial charge in [-0.05, 0) is 12.1 Å². The van der Waals surface area contributed by atoms with Crippen molar-refractivity contribution in [3.8, 4) is 17.2 Å². The molecule has 1 N–H and O–H groups in total. The van der Waals surface area contributed by atoms with Crippen molar-refractivity contribution in [3.05, 3.63) is 113 Å². The smallest absolute Gasteiger partial charge is 0.484 e. The Hall–Kier alpha value is -4.44. The van der Waals surface area contributed by atoms with E-state index in [-0.39, 0.29) is 18.2 Å². The third-order valence-electron chi connectivity index (χ3n) is 4.35. The second-order valence-corrected chi connectivity index (χ2v) is 6.92. The molecule has 39 heavy (non-hydrogen) atoms. The minimum Gasteiger partial charge on any atom is -0.484 e. The van der Waals surface area contributed by atoms with Gasteiger partial charge in [0.2, 0.25) is 17.5 Å². The van der Waals surface area contributed by atoms with Crippen molar-refractivity contribution in [2.24, 2.45) is 0 Å². The molecule has 1 heterocycles. The molecule has 206 valence electrons. The summed E-state index contributed by atoms with van der Waals surface area (Å²) in [5.41, 5.74) is 0. The molecule has 0 spiro atoms. The van der Waals surface area contributed by atoms with Gasteiger partial charge in [0.25, 0.3) is 0 Å². The molecule has 1 aromatic heterocycles. The first-order valence-corrected chi connectivity index (χ1v) is 9.90. The van der Waals surface area contributed by atoms with Crippen molar-refractivity contribution in [3.63, 3.8) is 0 Å². The molecular weight excluding hydrogens is 565 g/mol. The highest BCUT2D eigenvalue weighted by Crippen LogP contribution is 2.32. The Morgan fingerprint density at radius 1 is 0.410 bits per heavy atom. The van der Waals surface area contributed by atoms with Gasteiger partial charge in [0.15, 0.2) is 69.6 Å². The number of benzene rings is 3. The molecule has 0 saturated heterocycles. The Balaban J connectivity index is 0.000000753. The van der Waals surface area contributed by atoms with Gasteiger partial charge >= 0.3 is 7.32 Å². The van der Waals surface area contributed by atoms with Crippen LogP contribution in [0, 0.1) is 69.8 Å². The molecule has 0 aliphatic carbocycles. The van der Waals surface area contributed by atoms with Crippen LogP contribution in [-0.4, -0.2) is 12.3 Å². The summed E-state index contributed by atoms with van der Waals surface area (Å²) in [5.74, 6) is -32.8. The van der Waals surface area contributed by atoms with Crippen LogP contribution >= 0.6 is 0 Å². The van der Waals surface area contributed by atoms with E-state index in [2.05, 4.69) is 18.9 Å². The molecule has 0 unspecified atom stereocenters. The summed E-state index contributed by atoms with van der Waals surface area (Å²) in [6.07, 6.45) is 3.75. The summed E-state index contributed by atoms with van der Waals surface area (Å²) in [7, 11) is -3.24. The number of aromatic amines is 1. The number of aromatic nitrogens is 1. The maximum Gasteiger partial charge on any atom is 0.864 e. The first-order chi connectivity index (χ1) is 18.3. The molecule has 4 nitrogen and oxygen atoms in total. The van der Waals surface area contributed by atoms with E-state index in [1.54, 1.807) is 0 Å². The van der Waals surface area contributed by atoms with Gasteiger partial charge < -0.3 is 18.9 Å². The van der Waals surface area contributed by atoms with Gasteiger partial charge in [-0.3, -0.25) is 0 Å². The Kier molecular flexibility index (Phi) is 8.93. The maximum absolute atomic E-state index is 13.9. The van der Waals surface area contributed by atoms with E-state index in [0.717, 1.165) is 0 Å². The number of halogens is 12. The lowest BCUT2D eigenvalue weighted by Gasteiger charge is -2.19. The fourth-order valence-electron chi connectivity index (χ4n) is 2.61. The van der Waals surface area contributed by atoms with Gasteiger partial charge in [0, 0.05) is 30.6 Å². The fraction of sp³-hybridized carbons (Fsp3) is 0. The monoisotopic (exact) mass is 573 g/mol. The summed E-state index contributed by atoms with van der Waals surface area (Å²) in [5, 5.41) is 0. The van der Waals surface area contributed by atoms with Gasteiger partial charge in [0.05, 0.1) is 0 Å². The van der Waals surface area contributed by atoms with E-state index in [9.17, 15) is 52.7 Å². The van der Waals surface area contributed by atoms with Crippen LogP contribution in [0.15, 0.2) is 42.7 Å². The first-order valence-electron chi connectivity index (χ1n) is 9.90. The summed E-state index contributed by atoms with van der Waals surface area (Å²) >= 11 is 0. The quantitative estimate of drug-likeness (QED) is 0.118. The van der Waals surface area contributed by atoms with Crippen LogP contribution in [0.1, 0.15) is 0 Å². The van der Waals surface area contributed by atoms with Crippen molar-refractivity contribution in [1.82, 2.24) is 4.98 Å². The maximum atomic E-state index is 13.9. The van der Waals surface area contributed by atoms with Crippen LogP contribution in [0.4, 0.5) is 52.7 Å². The molecule has 4 aromatic rings. The highest BCUT2D eigenvalue weighted by atomic mass is 19.2. The van der Waals surface area contributed by atoms with Crippen LogP contribution in [0.3, 0.4) is 0 Å². The SMILES string of the molecule is Fc1cc(F)c(OB(Oc2c(F)cc(F)c(F)c2F)Oc2c(F)cc(F)c(F)c2F)c(F)c1F.c1cc[nH]c1. The largest absolute Gasteiger partial charge is 0.864 e. The normalized spacial score (nSPS) is 10.6. The molecule has 0 radical (unpaired) electrons. The molecule has 17 heteroatoms. The van der Waals surface area contributed by atoms with Crippen molar-refractivity contribution in [2.45, 2.75) is 0 Å². The topological polar surface area (TPSA) is 43.5 Å². The van der Waals surface area contributed by atoms with E-state index < -0.39 is 94.4 Å². The third kappa shape index (κ3) is 6.35. The van der Waals surface area contributed by atoms with Gasteiger partial charge in [-0.1, -0.05) is 0 Å². The minimum absolute atomic E-state index is 0.303. The van der Waals surface area contributed by atoms with Gasteiger partial charge in [-0.25, -0.2) is 39.5 Å². The van der Waals surface area contributed by atoms with E-state index in [4.69, 9.17) is 0 Å². The zero-order valence-corrected chi connectivity index (χ0v) is 18.4. The predicted molar refractivity (Wildman–Crippen MR) is 107 cm³/mol. The van der Waals surface area contributed by atoms with E-state index in [0.29, 0.717) is 0 Å². The molecule has 4 rings (SSSR count). The van der Waals surface area contributed by atoms with Gasteiger partial charge in [-0.2, -0.15) is 13.2 Å². The van der Waals surface area contributed by atoms with Gasteiger partial charge in [-0.15, -0.1) is 0 Å². The summed E-state index contributed by atoms with van der Waals surface area (Å²) in [4.78, 5) is 2.86. The fourth-order valence-corrected chi connectivity index (χ4v) is 2.61. The van der Waals surface area contributed by atoms with Crippen LogP contribution in [0.25, 0.3) is 0 Å². The number of hydrogen-bond acceptors (Lipinski definition) is 3. The molecular formula is C22H8BF12NO3. The summed E-state index contributed by atoms with van der Waals surface area (Å²) in [6, 6.07) is 2.98. The molecule has 0 aliphatic heterocycles. The Bertz CT molecular complexity index is 1310. The molecule has 0 amide bonds. The molecule has 0 fully saturated rings.